The Morgan fingerprint density at radius 1 is 0.714 bits per heavy atom. The molecule has 0 radical (unpaired) electrons. The summed E-state index contributed by atoms with van der Waals surface area (Å²) in [4.78, 5) is 0. The Balaban J connectivity index is 1.69. The zero-order valence-corrected chi connectivity index (χ0v) is 14.0. The highest BCUT2D eigenvalue weighted by molar-refractivity contribution is 4.87. The molecule has 0 fully saturated rings. The van der Waals surface area contributed by atoms with Crippen LogP contribution in [0.1, 0.15) is 103 Å². The number of nitrogens with zero attached hydrogens (tertiary/aromatic N) is 2. The topological polar surface area (TPSA) is 38.9 Å². The van der Waals surface area contributed by atoms with Crippen molar-refractivity contribution in [1.82, 2.24) is 10.4 Å². The van der Waals surface area contributed by atoms with Gasteiger partial charge in [0.1, 0.15) is 12.0 Å². The van der Waals surface area contributed by atoms with Crippen LogP contribution in [-0.2, 0) is 6.42 Å². The third-order valence-corrected chi connectivity index (χ3v) is 4.19. The van der Waals surface area contributed by atoms with Gasteiger partial charge in [0.05, 0.1) is 0 Å². The van der Waals surface area contributed by atoms with Gasteiger partial charge in [-0.3, -0.25) is 0 Å². The monoisotopic (exact) mass is 294 g/mol. The van der Waals surface area contributed by atoms with Crippen LogP contribution in [0.5, 0.6) is 0 Å². The minimum Gasteiger partial charge on any atom is -0.345 e. The number of hydrogen-bond donors (Lipinski definition) is 0. The number of hydrogen-bond acceptors (Lipinski definition) is 3. The SMILES string of the molecule is CCCCCCCCCCCCCCCCc1conn1. The van der Waals surface area contributed by atoms with Crippen LogP contribution in [0.2, 0.25) is 0 Å². The molecule has 0 spiro atoms. The zero-order valence-electron chi connectivity index (χ0n) is 14.0. The van der Waals surface area contributed by atoms with Crippen molar-refractivity contribution in [1.29, 1.82) is 0 Å². The number of aryl methyl sites for hydroxylation is 1. The summed E-state index contributed by atoms with van der Waals surface area (Å²) in [6.07, 6.45) is 22.3. The molecule has 1 aromatic rings. The number of unbranched alkanes of at least 4 members (excludes halogenated alkanes) is 13. The molecule has 0 aliphatic rings. The Kier molecular flexibility index (Phi) is 12.2. The fourth-order valence-electron chi connectivity index (χ4n) is 2.79. The molecule has 0 unspecified atom stereocenters. The van der Waals surface area contributed by atoms with Gasteiger partial charge < -0.3 is 4.52 Å². The normalized spacial score (nSPS) is 11.1. The lowest BCUT2D eigenvalue weighted by atomic mass is 10.0. The van der Waals surface area contributed by atoms with E-state index in [-0.39, 0.29) is 0 Å². The highest BCUT2D eigenvalue weighted by atomic mass is 16.5. The molecular weight excluding hydrogens is 260 g/mol. The third-order valence-electron chi connectivity index (χ3n) is 4.19. The lowest BCUT2D eigenvalue weighted by Gasteiger charge is -2.02. The average molecular weight is 294 g/mol. The van der Waals surface area contributed by atoms with Gasteiger partial charge in [-0.05, 0) is 12.8 Å². The van der Waals surface area contributed by atoms with Crippen LogP contribution in [0.3, 0.4) is 0 Å². The molecule has 1 heterocycles. The van der Waals surface area contributed by atoms with Crippen molar-refractivity contribution in [3.63, 3.8) is 0 Å². The molecule has 3 nitrogen and oxygen atoms in total. The number of rotatable bonds is 15. The second-order valence-corrected chi connectivity index (χ2v) is 6.24. The first-order valence-corrected chi connectivity index (χ1v) is 9.19. The lowest BCUT2D eigenvalue weighted by molar-refractivity contribution is 0.392. The van der Waals surface area contributed by atoms with Crippen molar-refractivity contribution in [3.8, 4) is 0 Å². The second-order valence-electron chi connectivity index (χ2n) is 6.24. The molecule has 0 N–H and O–H groups in total. The summed E-state index contributed by atoms with van der Waals surface area (Å²) >= 11 is 0. The molecule has 21 heavy (non-hydrogen) atoms. The maximum atomic E-state index is 4.72. The van der Waals surface area contributed by atoms with Gasteiger partial charge in [0.25, 0.3) is 0 Å². The fraction of sp³-hybridized carbons (Fsp3) is 0.889. The van der Waals surface area contributed by atoms with E-state index in [4.69, 9.17) is 4.52 Å². The van der Waals surface area contributed by atoms with E-state index in [1.54, 1.807) is 6.26 Å². The molecule has 1 aromatic heterocycles. The van der Waals surface area contributed by atoms with E-state index >= 15 is 0 Å². The number of aromatic nitrogens is 2. The van der Waals surface area contributed by atoms with Crippen molar-refractivity contribution in [2.75, 3.05) is 0 Å². The minimum absolute atomic E-state index is 0.994. The molecule has 0 atom stereocenters. The Hall–Kier alpha value is -0.860. The van der Waals surface area contributed by atoms with Crippen LogP contribution >= 0.6 is 0 Å². The van der Waals surface area contributed by atoms with Gasteiger partial charge in [-0.25, -0.2) is 0 Å². The van der Waals surface area contributed by atoms with E-state index in [9.17, 15) is 0 Å². The Morgan fingerprint density at radius 2 is 1.19 bits per heavy atom. The largest absolute Gasteiger partial charge is 0.345 e. The highest BCUT2D eigenvalue weighted by Crippen LogP contribution is 2.13. The van der Waals surface area contributed by atoms with Crippen molar-refractivity contribution in [2.24, 2.45) is 0 Å². The molecule has 0 aromatic carbocycles. The summed E-state index contributed by atoms with van der Waals surface area (Å²) in [6, 6.07) is 0. The first kappa shape index (κ1) is 18.2. The van der Waals surface area contributed by atoms with Crippen molar-refractivity contribution in [3.05, 3.63) is 12.0 Å². The van der Waals surface area contributed by atoms with Gasteiger partial charge in [-0.2, -0.15) is 0 Å². The maximum Gasteiger partial charge on any atom is 0.147 e. The standard InChI is InChI=1S/C18H34N2O/c1-2-3-4-5-6-7-8-9-10-11-12-13-14-15-16-18-17-21-20-19-18/h17H,2-16H2,1H3. The van der Waals surface area contributed by atoms with Crippen molar-refractivity contribution < 1.29 is 4.52 Å². The van der Waals surface area contributed by atoms with Gasteiger partial charge in [0.15, 0.2) is 0 Å². The van der Waals surface area contributed by atoms with Gasteiger partial charge in [0.2, 0.25) is 0 Å². The maximum absolute atomic E-state index is 4.72. The van der Waals surface area contributed by atoms with E-state index in [1.807, 2.05) is 0 Å². The Bertz CT molecular complexity index is 298. The molecule has 0 aliphatic heterocycles. The van der Waals surface area contributed by atoms with Gasteiger partial charge in [0, 0.05) is 5.27 Å². The smallest absolute Gasteiger partial charge is 0.147 e. The molecule has 122 valence electrons. The summed E-state index contributed by atoms with van der Waals surface area (Å²) in [5.41, 5.74) is 0.994. The molecule has 1 rings (SSSR count). The lowest BCUT2D eigenvalue weighted by Crippen LogP contribution is -1.87. The van der Waals surface area contributed by atoms with E-state index in [1.165, 1.54) is 89.9 Å². The van der Waals surface area contributed by atoms with Gasteiger partial charge >= 0.3 is 0 Å². The van der Waals surface area contributed by atoms with Crippen molar-refractivity contribution >= 4 is 0 Å². The van der Waals surface area contributed by atoms with Crippen LogP contribution < -0.4 is 0 Å². The van der Waals surface area contributed by atoms with Crippen LogP contribution in [-0.4, -0.2) is 10.4 Å². The predicted molar refractivity (Wildman–Crippen MR) is 88.3 cm³/mol. The van der Waals surface area contributed by atoms with Crippen LogP contribution in [0.4, 0.5) is 0 Å². The fourth-order valence-corrected chi connectivity index (χ4v) is 2.79. The molecule has 3 heteroatoms. The molecule has 0 amide bonds. The highest BCUT2D eigenvalue weighted by Gasteiger charge is 1.97. The van der Waals surface area contributed by atoms with E-state index in [0.29, 0.717) is 0 Å². The van der Waals surface area contributed by atoms with E-state index < -0.39 is 0 Å². The predicted octanol–water partition coefficient (Wildman–Crippen LogP) is 6.09. The first-order valence-electron chi connectivity index (χ1n) is 9.19. The summed E-state index contributed by atoms with van der Waals surface area (Å²) in [5.74, 6) is 0. The quantitative estimate of drug-likeness (QED) is 0.367. The van der Waals surface area contributed by atoms with Crippen LogP contribution in [0.25, 0.3) is 0 Å². The summed E-state index contributed by atoms with van der Waals surface area (Å²) in [5, 5.41) is 7.38. The van der Waals surface area contributed by atoms with Gasteiger partial charge in [-0.15, -0.1) is 5.10 Å². The molecule has 0 saturated heterocycles. The molecule has 0 aliphatic carbocycles. The first-order chi connectivity index (χ1) is 10.4. The van der Waals surface area contributed by atoms with Crippen LogP contribution in [0.15, 0.2) is 10.8 Å². The Morgan fingerprint density at radius 3 is 1.62 bits per heavy atom. The zero-order chi connectivity index (χ0) is 15.0. The Labute approximate surface area is 130 Å². The van der Waals surface area contributed by atoms with E-state index in [2.05, 4.69) is 17.3 Å². The van der Waals surface area contributed by atoms with Crippen LogP contribution in [0, 0.1) is 0 Å². The van der Waals surface area contributed by atoms with E-state index in [0.717, 1.165) is 12.1 Å². The summed E-state index contributed by atoms with van der Waals surface area (Å²) < 4.78 is 4.72. The second kappa shape index (κ2) is 14.1. The van der Waals surface area contributed by atoms with Gasteiger partial charge in [-0.1, -0.05) is 90.4 Å². The minimum atomic E-state index is 0.994. The summed E-state index contributed by atoms with van der Waals surface area (Å²) in [6.45, 7) is 2.28. The molecule has 0 saturated carbocycles. The average Bonchev–Trinajstić information content (AvgIpc) is 3.01. The summed E-state index contributed by atoms with van der Waals surface area (Å²) in [7, 11) is 0. The molecule has 0 bridgehead atoms. The van der Waals surface area contributed by atoms with Crippen molar-refractivity contribution in [2.45, 2.75) is 103 Å². The third kappa shape index (κ3) is 11.5. The molecular formula is C18H34N2O.